The highest BCUT2D eigenvalue weighted by Gasteiger charge is 2.51. The number of piperidine rings is 1. The predicted molar refractivity (Wildman–Crippen MR) is 82.9 cm³/mol. The maximum atomic E-state index is 9.55. The van der Waals surface area contributed by atoms with Gasteiger partial charge in [-0.2, -0.15) is 0 Å². The van der Waals surface area contributed by atoms with Crippen molar-refractivity contribution in [1.82, 2.24) is 9.97 Å². The summed E-state index contributed by atoms with van der Waals surface area (Å²) < 4.78 is 0. The SMILES string of the molecule is NCCC1CC2CC2N1c1cncnc1.O=C(O)/C=C/C(=O)O. The number of nitrogens with two attached hydrogens (primary N) is 1. The number of carboxylic acids is 2. The molecule has 2 fully saturated rings. The second-order valence-corrected chi connectivity index (χ2v) is 5.54. The number of hydrogen-bond acceptors (Lipinski definition) is 6. The number of hydrogen-bond donors (Lipinski definition) is 3. The quantitative estimate of drug-likeness (QED) is 0.669. The van der Waals surface area contributed by atoms with Crippen LogP contribution in [0.3, 0.4) is 0 Å². The van der Waals surface area contributed by atoms with Crippen LogP contribution < -0.4 is 10.6 Å². The van der Waals surface area contributed by atoms with Crippen LogP contribution in [0.4, 0.5) is 5.69 Å². The maximum absolute atomic E-state index is 9.55. The minimum Gasteiger partial charge on any atom is -0.478 e. The smallest absolute Gasteiger partial charge is 0.328 e. The highest BCUT2D eigenvalue weighted by molar-refractivity contribution is 5.89. The highest BCUT2D eigenvalue weighted by atomic mass is 16.4. The summed E-state index contributed by atoms with van der Waals surface area (Å²) >= 11 is 0. The summed E-state index contributed by atoms with van der Waals surface area (Å²) in [5.74, 6) is -1.61. The van der Waals surface area contributed by atoms with E-state index in [0.29, 0.717) is 18.2 Å². The van der Waals surface area contributed by atoms with Crippen LogP contribution in [-0.2, 0) is 9.59 Å². The molecule has 2 heterocycles. The second-order valence-electron chi connectivity index (χ2n) is 5.54. The predicted octanol–water partition coefficient (Wildman–Crippen LogP) is 0.504. The Bertz CT molecular complexity index is 562. The fourth-order valence-electron chi connectivity index (χ4n) is 2.98. The molecule has 0 spiro atoms. The van der Waals surface area contributed by atoms with Crippen molar-refractivity contribution in [3.8, 4) is 0 Å². The molecule has 0 radical (unpaired) electrons. The lowest BCUT2D eigenvalue weighted by Crippen LogP contribution is -2.34. The van der Waals surface area contributed by atoms with Gasteiger partial charge in [-0.3, -0.25) is 0 Å². The van der Waals surface area contributed by atoms with E-state index in [9.17, 15) is 9.59 Å². The number of anilines is 1. The zero-order chi connectivity index (χ0) is 16.8. The zero-order valence-electron chi connectivity index (χ0n) is 12.6. The molecule has 3 atom stereocenters. The molecule has 2 aliphatic rings. The number of carbonyl (C=O) groups is 2. The van der Waals surface area contributed by atoms with Crippen LogP contribution in [0.5, 0.6) is 0 Å². The van der Waals surface area contributed by atoms with Crippen molar-refractivity contribution in [2.75, 3.05) is 11.4 Å². The zero-order valence-corrected chi connectivity index (χ0v) is 12.6. The second kappa shape index (κ2) is 7.68. The summed E-state index contributed by atoms with van der Waals surface area (Å²) in [4.78, 5) is 29.8. The number of rotatable bonds is 5. The lowest BCUT2D eigenvalue weighted by Gasteiger charge is -2.28. The van der Waals surface area contributed by atoms with E-state index in [-0.39, 0.29) is 0 Å². The molecule has 1 aromatic rings. The van der Waals surface area contributed by atoms with Crippen molar-refractivity contribution >= 4 is 17.6 Å². The molecule has 8 nitrogen and oxygen atoms in total. The van der Waals surface area contributed by atoms with Crippen molar-refractivity contribution in [1.29, 1.82) is 0 Å². The van der Waals surface area contributed by atoms with Gasteiger partial charge in [0.1, 0.15) is 6.33 Å². The Balaban J connectivity index is 0.000000207. The van der Waals surface area contributed by atoms with E-state index >= 15 is 0 Å². The minimum atomic E-state index is -1.26. The standard InChI is InChI=1S/C11H16N4.C4H4O4/c12-2-1-9-3-8-4-11(8)15(9)10-5-13-7-14-6-10;5-3(6)1-2-4(7)8/h5-9,11H,1-4,12H2;1-2H,(H,5,6)(H,7,8)/b;2-1+. The lowest BCUT2D eigenvalue weighted by atomic mass is 10.1. The van der Waals surface area contributed by atoms with Gasteiger partial charge < -0.3 is 20.8 Å². The summed E-state index contributed by atoms with van der Waals surface area (Å²) in [5, 5.41) is 15.6. The molecule has 8 heteroatoms. The van der Waals surface area contributed by atoms with E-state index in [1.54, 1.807) is 6.33 Å². The fraction of sp³-hybridized carbons (Fsp3) is 0.467. The first-order valence-electron chi connectivity index (χ1n) is 7.40. The van der Waals surface area contributed by atoms with E-state index in [1.165, 1.54) is 18.5 Å². The van der Waals surface area contributed by atoms with Crippen LogP contribution >= 0.6 is 0 Å². The molecule has 23 heavy (non-hydrogen) atoms. The number of nitrogens with zero attached hydrogens (tertiary/aromatic N) is 3. The van der Waals surface area contributed by atoms with Gasteiger partial charge in [0.05, 0.1) is 18.1 Å². The first-order valence-corrected chi connectivity index (χ1v) is 7.40. The Kier molecular flexibility index (Phi) is 5.64. The Morgan fingerprint density at radius 1 is 1.22 bits per heavy atom. The van der Waals surface area contributed by atoms with Gasteiger partial charge in [0.2, 0.25) is 0 Å². The van der Waals surface area contributed by atoms with Gasteiger partial charge >= 0.3 is 11.9 Å². The van der Waals surface area contributed by atoms with Crippen LogP contribution in [0.15, 0.2) is 30.9 Å². The molecule has 0 bridgehead atoms. The molecule has 1 aliphatic heterocycles. The first kappa shape index (κ1) is 16.9. The third kappa shape index (κ3) is 4.75. The van der Waals surface area contributed by atoms with Crippen molar-refractivity contribution in [2.24, 2.45) is 11.7 Å². The van der Waals surface area contributed by atoms with Crippen LogP contribution in [0, 0.1) is 5.92 Å². The van der Waals surface area contributed by atoms with Gasteiger partial charge in [0.25, 0.3) is 0 Å². The minimum absolute atomic E-state index is 0.558. The molecule has 1 saturated heterocycles. The van der Waals surface area contributed by atoms with Crippen molar-refractivity contribution < 1.29 is 19.8 Å². The lowest BCUT2D eigenvalue weighted by molar-refractivity contribution is -0.134. The van der Waals surface area contributed by atoms with E-state index in [0.717, 1.165) is 24.9 Å². The Morgan fingerprint density at radius 3 is 2.35 bits per heavy atom. The van der Waals surface area contributed by atoms with Gasteiger partial charge in [-0.05, 0) is 31.7 Å². The molecule has 0 amide bonds. The molecule has 1 aromatic heterocycles. The van der Waals surface area contributed by atoms with Gasteiger partial charge in [0.15, 0.2) is 0 Å². The maximum Gasteiger partial charge on any atom is 0.328 e. The van der Waals surface area contributed by atoms with Crippen molar-refractivity contribution in [3.05, 3.63) is 30.9 Å². The molecule has 1 saturated carbocycles. The highest BCUT2D eigenvalue weighted by Crippen LogP contribution is 2.50. The molecular weight excluding hydrogens is 300 g/mol. The van der Waals surface area contributed by atoms with Crippen LogP contribution in [0.25, 0.3) is 0 Å². The van der Waals surface area contributed by atoms with Gasteiger partial charge in [-0.25, -0.2) is 19.6 Å². The van der Waals surface area contributed by atoms with Crippen LogP contribution in [-0.4, -0.2) is 50.7 Å². The Labute approximate surface area is 133 Å². The summed E-state index contributed by atoms with van der Waals surface area (Å²) in [6.45, 7) is 0.772. The van der Waals surface area contributed by atoms with Gasteiger partial charge in [-0.1, -0.05) is 0 Å². The third-order valence-electron chi connectivity index (χ3n) is 3.92. The van der Waals surface area contributed by atoms with Crippen molar-refractivity contribution in [3.63, 3.8) is 0 Å². The summed E-state index contributed by atoms with van der Waals surface area (Å²) in [6.07, 6.45) is 10.3. The van der Waals surface area contributed by atoms with Crippen LogP contribution in [0.2, 0.25) is 0 Å². The van der Waals surface area contributed by atoms with E-state index in [2.05, 4.69) is 14.9 Å². The Morgan fingerprint density at radius 2 is 1.83 bits per heavy atom. The van der Waals surface area contributed by atoms with E-state index in [4.69, 9.17) is 15.9 Å². The molecule has 4 N–H and O–H groups in total. The van der Waals surface area contributed by atoms with Crippen molar-refractivity contribution in [2.45, 2.75) is 31.3 Å². The number of aromatic nitrogens is 2. The monoisotopic (exact) mass is 320 g/mol. The van der Waals surface area contributed by atoms with Gasteiger partial charge in [0, 0.05) is 24.2 Å². The topological polar surface area (TPSA) is 130 Å². The fourth-order valence-corrected chi connectivity index (χ4v) is 2.98. The number of fused-ring (bicyclic) bond motifs is 1. The molecule has 0 aromatic carbocycles. The molecule has 3 unspecified atom stereocenters. The third-order valence-corrected chi connectivity index (χ3v) is 3.92. The molecular formula is C15H20N4O4. The molecule has 1 aliphatic carbocycles. The normalized spacial score (nSPS) is 24.7. The summed E-state index contributed by atoms with van der Waals surface area (Å²) in [6, 6.07) is 1.36. The largest absolute Gasteiger partial charge is 0.478 e. The first-order chi connectivity index (χ1) is 11.0. The average molecular weight is 320 g/mol. The summed E-state index contributed by atoms with van der Waals surface area (Å²) in [7, 11) is 0. The summed E-state index contributed by atoms with van der Waals surface area (Å²) in [5.41, 5.74) is 6.82. The Hall–Kier alpha value is -2.48. The van der Waals surface area contributed by atoms with E-state index in [1.807, 2.05) is 12.4 Å². The molecule has 3 rings (SSSR count). The van der Waals surface area contributed by atoms with Crippen LogP contribution in [0.1, 0.15) is 19.3 Å². The molecule has 124 valence electrons. The van der Waals surface area contributed by atoms with E-state index < -0.39 is 11.9 Å². The van der Waals surface area contributed by atoms with Gasteiger partial charge in [-0.15, -0.1) is 0 Å². The average Bonchev–Trinajstić information content (AvgIpc) is 3.18. The number of aliphatic carboxylic acids is 2. The number of carboxylic acid groups (broad SMARTS) is 2.